The van der Waals surface area contributed by atoms with Crippen LogP contribution < -0.4 is 9.47 Å². The normalized spacial score (nSPS) is 10.7. The molecule has 0 aromatic heterocycles. The van der Waals surface area contributed by atoms with Crippen molar-refractivity contribution in [3.05, 3.63) is 65.7 Å². The van der Waals surface area contributed by atoms with Gasteiger partial charge in [0.25, 0.3) is 0 Å². The summed E-state index contributed by atoms with van der Waals surface area (Å²) in [6.07, 6.45) is 4.26. The largest absolute Gasteiger partial charge is 0.493 e. The average Bonchev–Trinajstić information content (AvgIpc) is 2.67. The topological polar surface area (TPSA) is 38.8 Å². The zero-order valence-electron chi connectivity index (χ0n) is 15.1. The molecule has 0 heterocycles. The first-order chi connectivity index (χ1) is 12.2. The summed E-state index contributed by atoms with van der Waals surface area (Å²) < 4.78 is 10.5. The van der Waals surface area contributed by atoms with Gasteiger partial charge >= 0.3 is 0 Å². The molecule has 2 aromatic rings. The summed E-state index contributed by atoms with van der Waals surface area (Å²) in [6.45, 7) is 3.38. The maximum atomic E-state index is 12.4. The fourth-order valence-electron chi connectivity index (χ4n) is 2.56. The van der Waals surface area contributed by atoms with Crippen LogP contribution in [0.2, 0.25) is 0 Å². The monoisotopic (exact) mass is 339 g/mol. The highest BCUT2D eigenvalue weighted by Crippen LogP contribution is 2.27. The first-order valence-corrected chi connectivity index (χ1v) is 8.40. The number of amides is 1. The van der Waals surface area contributed by atoms with Crippen molar-refractivity contribution in [1.29, 1.82) is 0 Å². The number of hydrogen-bond donors (Lipinski definition) is 0. The van der Waals surface area contributed by atoms with Crippen molar-refractivity contribution in [2.45, 2.75) is 13.3 Å². The summed E-state index contributed by atoms with van der Waals surface area (Å²) >= 11 is 0. The van der Waals surface area contributed by atoms with Gasteiger partial charge in [0.1, 0.15) is 0 Å². The van der Waals surface area contributed by atoms with E-state index in [0.717, 1.165) is 12.0 Å². The Morgan fingerprint density at radius 2 is 1.76 bits per heavy atom. The first kappa shape index (κ1) is 18.6. The smallest absolute Gasteiger partial charge is 0.246 e. The standard InChI is InChI=1S/C21H25NO3/c1-4-22(15-14-17-8-6-5-7-9-17)21(23)13-11-18-10-12-19(24-2)20(16-18)25-3/h5-13,16H,4,14-15H2,1-3H3/b13-11+. The summed E-state index contributed by atoms with van der Waals surface area (Å²) in [6, 6.07) is 15.8. The van der Waals surface area contributed by atoms with Crippen molar-refractivity contribution in [2.24, 2.45) is 0 Å². The number of benzene rings is 2. The third-order valence-corrected chi connectivity index (χ3v) is 4.03. The van der Waals surface area contributed by atoms with Gasteiger partial charge in [0.05, 0.1) is 14.2 Å². The third kappa shape index (κ3) is 5.38. The van der Waals surface area contributed by atoms with Crippen LogP contribution in [0.3, 0.4) is 0 Å². The highest BCUT2D eigenvalue weighted by Gasteiger charge is 2.09. The number of methoxy groups -OCH3 is 2. The molecule has 1 amide bonds. The second-order valence-corrected chi connectivity index (χ2v) is 5.60. The molecule has 0 atom stereocenters. The molecule has 4 heteroatoms. The van der Waals surface area contributed by atoms with Crippen molar-refractivity contribution in [3.63, 3.8) is 0 Å². The molecular formula is C21H25NO3. The Bertz CT molecular complexity index is 710. The molecule has 132 valence electrons. The maximum absolute atomic E-state index is 12.4. The molecule has 0 aliphatic rings. The van der Waals surface area contributed by atoms with Crippen molar-refractivity contribution in [1.82, 2.24) is 4.90 Å². The van der Waals surface area contributed by atoms with E-state index in [1.54, 1.807) is 26.4 Å². The highest BCUT2D eigenvalue weighted by atomic mass is 16.5. The number of carbonyl (C=O) groups excluding carboxylic acids is 1. The molecule has 0 N–H and O–H groups in total. The van der Waals surface area contributed by atoms with Crippen LogP contribution in [-0.4, -0.2) is 38.1 Å². The van der Waals surface area contributed by atoms with E-state index in [2.05, 4.69) is 12.1 Å². The number of hydrogen-bond acceptors (Lipinski definition) is 3. The third-order valence-electron chi connectivity index (χ3n) is 4.03. The van der Waals surface area contributed by atoms with Gasteiger partial charge in [-0.3, -0.25) is 4.79 Å². The molecule has 2 aromatic carbocycles. The quantitative estimate of drug-likeness (QED) is 0.687. The number of rotatable bonds is 8. The molecule has 0 aliphatic carbocycles. The van der Waals surface area contributed by atoms with Gasteiger partial charge in [-0.1, -0.05) is 36.4 Å². The molecule has 2 rings (SSSR count). The second-order valence-electron chi connectivity index (χ2n) is 5.60. The summed E-state index contributed by atoms with van der Waals surface area (Å²) in [5.74, 6) is 1.32. The van der Waals surface area contributed by atoms with Crippen LogP contribution >= 0.6 is 0 Å². The molecule has 0 aliphatic heterocycles. The van der Waals surface area contributed by atoms with Crippen LogP contribution in [0.1, 0.15) is 18.1 Å². The lowest BCUT2D eigenvalue weighted by molar-refractivity contribution is -0.125. The summed E-state index contributed by atoms with van der Waals surface area (Å²) in [5.41, 5.74) is 2.13. The molecule has 0 saturated carbocycles. The molecule has 0 radical (unpaired) electrons. The van der Waals surface area contributed by atoms with Crippen LogP contribution in [0.4, 0.5) is 0 Å². The molecule has 25 heavy (non-hydrogen) atoms. The summed E-state index contributed by atoms with van der Waals surface area (Å²) in [4.78, 5) is 14.3. The fraction of sp³-hybridized carbons (Fsp3) is 0.286. The van der Waals surface area contributed by atoms with Crippen molar-refractivity contribution < 1.29 is 14.3 Å². The van der Waals surface area contributed by atoms with Crippen LogP contribution in [0.15, 0.2) is 54.6 Å². The van der Waals surface area contributed by atoms with Crippen LogP contribution in [-0.2, 0) is 11.2 Å². The van der Waals surface area contributed by atoms with Gasteiger partial charge in [-0.05, 0) is 42.7 Å². The molecule has 0 unspecified atom stereocenters. The zero-order chi connectivity index (χ0) is 18.1. The number of nitrogens with zero attached hydrogens (tertiary/aromatic N) is 1. The summed E-state index contributed by atoms with van der Waals surface area (Å²) in [5, 5.41) is 0. The predicted molar refractivity (Wildman–Crippen MR) is 101 cm³/mol. The molecule has 0 spiro atoms. The minimum Gasteiger partial charge on any atom is -0.493 e. The summed E-state index contributed by atoms with van der Waals surface area (Å²) in [7, 11) is 3.20. The highest BCUT2D eigenvalue weighted by molar-refractivity contribution is 5.91. The van der Waals surface area contributed by atoms with Gasteiger partial charge in [0.2, 0.25) is 5.91 Å². The molecule has 0 saturated heterocycles. The zero-order valence-corrected chi connectivity index (χ0v) is 15.1. The minimum atomic E-state index is 0.00761. The lowest BCUT2D eigenvalue weighted by Gasteiger charge is -2.19. The Kier molecular flexibility index (Phi) is 7.08. The number of likely N-dealkylation sites (N-methyl/N-ethyl adjacent to an activating group) is 1. The van der Waals surface area contributed by atoms with Crippen molar-refractivity contribution in [3.8, 4) is 11.5 Å². The lowest BCUT2D eigenvalue weighted by Crippen LogP contribution is -2.31. The Hall–Kier alpha value is -2.75. The SMILES string of the molecule is CCN(CCc1ccccc1)C(=O)/C=C/c1ccc(OC)c(OC)c1. The van der Waals surface area contributed by atoms with Gasteiger partial charge in [-0.15, -0.1) is 0 Å². The first-order valence-electron chi connectivity index (χ1n) is 8.40. The lowest BCUT2D eigenvalue weighted by atomic mass is 10.1. The Labute approximate surface area is 149 Å². The van der Waals surface area contributed by atoms with Crippen LogP contribution in [0.25, 0.3) is 6.08 Å². The number of ether oxygens (including phenoxy) is 2. The van der Waals surface area contributed by atoms with Crippen molar-refractivity contribution in [2.75, 3.05) is 27.3 Å². The van der Waals surface area contributed by atoms with E-state index in [9.17, 15) is 4.79 Å². The van der Waals surface area contributed by atoms with E-state index in [1.165, 1.54) is 5.56 Å². The molecular weight excluding hydrogens is 314 g/mol. The van der Waals surface area contributed by atoms with Gasteiger partial charge in [-0.25, -0.2) is 0 Å². The van der Waals surface area contributed by atoms with Gasteiger partial charge in [0, 0.05) is 19.2 Å². The van der Waals surface area contributed by atoms with Crippen LogP contribution in [0.5, 0.6) is 11.5 Å². The predicted octanol–water partition coefficient (Wildman–Crippen LogP) is 3.81. The fourth-order valence-corrected chi connectivity index (χ4v) is 2.56. The van der Waals surface area contributed by atoms with E-state index in [1.807, 2.05) is 48.2 Å². The van der Waals surface area contributed by atoms with Crippen molar-refractivity contribution >= 4 is 12.0 Å². The average molecular weight is 339 g/mol. The Morgan fingerprint density at radius 1 is 1.04 bits per heavy atom. The van der Waals surface area contributed by atoms with E-state index < -0.39 is 0 Å². The van der Waals surface area contributed by atoms with Gasteiger partial charge in [0.15, 0.2) is 11.5 Å². The number of carbonyl (C=O) groups is 1. The van der Waals surface area contributed by atoms with E-state index in [0.29, 0.717) is 24.6 Å². The maximum Gasteiger partial charge on any atom is 0.246 e. The Morgan fingerprint density at radius 3 is 2.40 bits per heavy atom. The molecule has 4 nitrogen and oxygen atoms in total. The molecule has 0 bridgehead atoms. The van der Waals surface area contributed by atoms with E-state index in [4.69, 9.17) is 9.47 Å². The van der Waals surface area contributed by atoms with Crippen LogP contribution in [0, 0.1) is 0 Å². The van der Waals surface area contributed by atoms with E-state index >= 15 is 0 Å². The van der Waals surface area contributed by atoms with E-state index in [-0.39, 0.29) is 5.91 Å². The van der Waals surface area contributed by atoms with Gasteiger partial charge < -0.3 is 14.4 Å². The Balaban J connectivity index is 1.99. The second kappa shape index (κ2) is 9.52. The molecule has 0 fully saturated rings. The minimum absolute atomic E-state index is 0.00761. The van der Waals surface area contributed by atoms with Gasteiger partial charge in [-0.2, -0.15) is 0 Å².